The number of pyridine rings is 1. The van der Waals surface area contributed by atoms with E-state index in [1.807, 2.05) is 0 Å². The molecule has 2 heterocycles. The molecule has 0 unspecified atom stereocenters. The second kappa shape index (κ2) is 7.40. The van der Waals surface area contributed by atoms with Crippen LogP contribution in [0, 0.1) is 0 Å². The summed E-state index contributed by atoms with van der Waals surface area (Å²) in [7, 11) is 1.51. The first kappa shape index (κ1) is 18.9. The maximum absolute atomic E-state index is 12.8. The van der Waals surface area contributed by atoms with Gasteiger partial charge in [0.25, 0.3) is 0 Å². The molecule has 1 N–H and O–H groups in total. The number of hydrogen-bond acceptors (Lipinski definition) is 4. The summed E-state index contributed by atoms with van der Waals surface area (Å²) in [6.45, 7) is 0.364. The molecule has 0 bridgehead atoms. The highest BCUT2D eigenvalue weighted by Gasteiger charge is 2.34. The van der Waals surface area contributed by atoms with Gasteiger partial charge in [-0.3, -0.25) is 4.79 Å². The highest BCUT2D eigenvalue weighted by Crippen LogP contribution is 2.30. The Labute approximate surface area is 157 Å². The number of benzene rings is 1. The van der Waals surface area contributed by atoms with Gasteiger partial charge in [0.1, 0.15) is 16.8 Å². The number of nitrogens with zero attached hydrogens (tertiary/aromatic N) is 3. The Morgan fingerprint density at radius 3 is 2.44 bits per heavy atom. The number of nitrogens with one attached hydrogen (secondary N) is 1. The van der Waals surface area contributed by atoms with Crippen LogP contribution in [0.1, 0.15) is 21.6 Å². The lowest BCUT2D eigenvalue weighted by Crippen LogP contribution is -2.05. The van der Waals surface area contributed by atoms with Crippen LogP contribution in [0.25, 0.3) is 11.4 Å². The molecule has 3 rings (SSSR count). The third-order valence-corrected chi connectivity index (χ3v) is 4.07. The van der Waals surface area contributed by atoms with E-state index in [1.54, 1.807) is 30.3 Å². The fourth-order valence-electron chi connectivity index (χ4n) is 2.51. The molecule has 9 heteroatoms. The zero-order valence-electron chi connectivity index (χ0n) is 14.1. The number of halogens is 4. The highest BCUT2D eigenvalue weighted by molar-refractivity contribution is 6.29. The smallest absolute Gasteiger partial charge is 0.365 e. The maximum atomic E-state index is 12.8. The zero-order chi connectivity index (χ0) is 19.6. The number of imidazole rings is 1. The normalized spacial score (nSPS) is 11.4. The third kappa shape index (κ3) is 4.28. The Morgan fingerprint density at radius 2 is 1.85 bits per heavy atom. The van der Waals surface area contributed by atoms with Crippen LogP contribution in [0.4, 0.5) is 19.0 Å². The quantitative estimate of drug-likeness (QED) is 0.508. The molecule has 0 spiro atoms. The molecule has 0 radical (unpaired) electrons. The van der Waals surface area contributed by atoms with E-state index in [4.69, 9.17) is 11.6 Å². The van der Waals surface area contributed by atoms with Crippen molar-refractivity contribution < 1.29 is 18.0 Å². The summed E-state index contributed by atoms with van der Waals surface area (Å²) in [5, 5.41) is 3.28. The van der Waals surface area contributed by atoms with Gasteiger partial charge >= 0.3 is 6.18 Å². The van der Waals surface area contributed by atoms with Gasteiger partial charge in [-0.05, 0) is 17.7 Å². The van der Waals surface area contributed by atoms with Crippen molar-refractivity contribution in [3.63, 3.8) is 0 Å². The monoisotopic (exact) mass is 394 g/mol. The van der Waals surface area contributed by atoms with Crippen molar-refractivity contribution >= 4 is 23.7 Å². The van der Waals surface area contributed by atoms with E-state index in [-0.39, 0.29) is 11.0 Å². The lowest BCUT2D eigenvalue weighted by atomic mass is 10.1. The predicted octanol–water partition coefficient (Wildman–Crippen LogP) is 4.58. The first-order chi connectivity index (χ1) is 12.8. The molecule has 0 saturated heterocycles. The molecule has 1 aromatic carbocycles. The molecule has 0 aliphatic rings. The number of aromatic nitrogens is 3. The standard InChI is InChI=1S/C18H14ClF3N4O/c1-26-9-14(18(20,21)22)24-17(26)12-4-2-11(3-5-12)8-23-16-13(10-27)6-7-15(19)25-16/h2-7,9-10H,8H2,1H3,(H,23,25). The van der Waals surface area contributed by atoms with Crippen LogP contribution < -0.4 is 5.32 Å². The second-order valence-electron chi connectivity index (χ2n) is 5.80. The van der Waals surface area contributed by atoms with Crippen molar-refractivity contribution in [2.24, 2.45) is 7.05 Å². The molecule has 0 fully saturated rings. The summed E-state index contributed by atoms with van der Waals surface area (Å²) in [6.07, 6.45) is -2.86. The molecule has 140 valence electrons. The van der Waals surface area contributed by atoms with Gasteiger partial charge < -0.3 is 9.88 Å². The molecule has 2 aromatic heterocycles. The van der Waals surface area contributed by atoms with E-state index in [0.29, 0.717) is 29.8 Å². The average molecular weight is 395 g/mol. The van der Waals surface area contributed by atoms with Gasteiger partial charge in [-0.25, -0.2) is 9.97 Å². The van der Waals surface area contributed by atoms with Gasteiger partial charge in [0.15, 0.2) is 12.0 Å². The number of hydrogen-bond donors (Lipinski definition) is 1. The molecule has 27 heavy (non-hydrogen) atoms. The Kier molecular flexibility index (Phi) is 5.18. The average Bonchev–Trinajstić information content (AvgIpc) is 3.03. The number of carbonyl (C=O) groups excluding carboxylic acids is 1. The Morgan fingerprint density at radius 1 is 1.15 bits per heavy atom. The number of aryl methyl sites for hydroxylation is 1. The highest BCUT2D eigenvalue weighted by atomic mass is 35.5. The number of alkyl halides is 3. The molecule has 0 aliphatic carbocycles. The molecular formula is C18H14ClF3N4O. The van der Waals surface area contributed by atoms with Gasteiger partial charge in [0, 0.05) is 25.4 Å². The van der Waals surface area contributed by atoms with Gasteiger partial charge in [-0.15, -0.1) is 0 Å². The van der Waals surface area contributed by atoms with Crippen molar-refractivity contribution in [2.45, 2.75) is 12.7 Å². The Bertz CT molecular complexity index is 968. The summed E-state index contributed by atoms with van der Waals surface area (Å²) in [6, 6.07) is 9.97. The van der Waals surface area contributed by atoms with Gasteiger partial charge in [-0.1, -0.05) is 35.9 Å². The van der Waals surface area contributed by atoms with Crippen LogP contribution in [0.3, 0.4) is 0 Å². The third-order valence-electron chi connectivity index (χ3n) is 3.86. The Balaban J connectivity index is 1.76. The number of rotatable bonds is 5. The topological polar surface area (TPSA) is 59.8 Å². The number of carbonyl (C=O) groups is 1. The van der Waals surface area contributed by atoms with E-state index in [9.17, 15) is 18.0 Å². The van der Waals surface area contributed by atoms with Crippen LogP contribution in [0.5, 0.6) is 0 Å². The first-order valence-corrected chi connectivity index (χ1v) is 8.21. The fourth-order valence-corrected chi connectivity index (χ4v) is 2.66. The Hall–Kier alpha value is -2.87. The molecule has 0 atom stereocenters. The van der Waals surface area contributed by atoms with Crippen LogP contribution in [-0.2, 0) is 19.8 Å². The van der Waals surface area contributed by atoms with E-state index in [1.165, 1.54) is 17.7 Å². The van der Waals surface area contributed by atoms with Crippen molar-refractivity contribution in [3.05, 3.63) is 64.6 Å². The minimum absolute atomic E-state index is 0.224. The summed E-state index contributed by atoms with van der Waals surface area (Å²) in [4.78, 5) is 18.8. The van der Waals surface area contributed by atoms with Crippen LogP contribution >= 0.6 is 11.6 Å². The predicted molar refractivity (Wildman–Crippen MR) is 95.6 cm³/mol. The van der Waals surface area contributed by atoms with Crippen molar-refractivity contribution in [1.29, 1.82) is 0 Å². The van der Waals surface area contributed by atoms with Crippen molar-refractivity contribution in [2.75, 3.05) is 5.32 Å². The number of aldehydes is 1. The summed E-state index contributed by atoms with van der Waals surface area (Å²) < 4.78 is 39.7. The van der Waals surface area contributed by atoms with Crippen molar-refractivity contribution in [1.82, 2.24) is 14.5 Å². The maximum Gasteiger partial charge on any atom is 0.434 e. The molecule has 5 nitrogen and oxygen atoms in total. The lowest BCUT2D eigenvalue weighted by Gasteiger charge is -2.09. The zero-order valence-corrected chi connectivity index (χ0v) is 14.8. The largest absolute Gasteiger partial charge is 0.434 e. The summed E-state index contributed by atoms with van der Waals surface area (Å²) in [5.74, 6) is 0.585. The molecule has 3 aromatic rings. The van der Waals surface area contributed by atoms with Gasteiger partial charge in [-0.2, -0.15) is 13.2 Å². The van der Waals surface area contributed by atoms with Crippen LogP contribution in [-0.4, -0.2) is 20.8 Å². The minimum Gasteiger partial charge on any atom is -0.365 e. The van der Waals surface area contributed by atoms with E-state index in [0.717, 1.165) is 11.8 Å². The number of anilines is 1. The van der Waals surface area contributed by atoms with Gasteiger partial charge in [0.05, 0.1) is 5.56 Å². The SMILES string of the molecule is Cn1cc(C(F)(F)F)nc1-c1ccc(CNc2nc(Cl)ccc2C=O)cc1. The van der Waals surface area contributed by atoms with E-state index in [2.05, 4.69) is 15.3 Å². The van der Waals surface area contributed by atoms with Crippen LogP contribution in [0.15, 0.2) is 42.6 Å². The lowest BCUT2D eigenvalue weighted by molar-refractivity contribution is -0.140. The van der Waals surface area contributed by atoms with Crippen LogP contribution in [0.2, 0.25) is 5.15 Å². The minimum atomic E-state index is -4.49. The van der Waals surface area contributed by atoms with Gasteiger partial charge in [0.2, 0.25) is 0 Å². The van der Waals surface area contributed by atoms with Crippen molar-refractivity contribution in [3.8, 4) is 11.4 Å². The summed E-state index contributed by atoms with van der Waals surface area (Å²) >= 11 is 5.84. The molecular weight excluding hydrogens is 381 g/mol. The fraction of sp³-hybridized carbons (Fsp3) is 0.167. The molecule has 0 aliphatic heterocycles. The molecule has 0 amide bonds. The summed E-state index contributed by atoms with van der Waals surface area (Å²) in [5.41, 5.74) is 0.858. The van der Waals surface area contributed by atoms with E-state index >= 15 is 0 Å². The first-order valence-electron chi connectivity index (χ1n) is 7.83. The second-order valence-corrected chi connectivity index (χ2v) is 6.19. The van der Waals surface area contributed by atoms with E-state index < -0.39 is 11.9 Å². The molecule has 0 saturated carbocycles.